The molecule has 1 aromatic heterocycles. The number of nitrogens with zero attached hydrogens (tertiary/aromatic N) is 1. The van der Waals surface area contributed by atoms with Gasteiger partial charge in [0.05, 0.1) is 19.2 Å². The van der Waals surface area contributed by atoms with E-state index in [4.69, 9.17) is 4.74 Å². The van der Waals surface area contributed by atoms with Crippen LogP contribution in [0.3, 0.4) is 0 Å². The molecule has 2 aromatic carbocycles. The molecule has 0 atom stereocenters. The summed E-state index contributed by atoms with van der Waals surface area (Å²) >= 11 is 1.14. The van der Waals surface area contributed by atoms with Crippen LogP contribution in [0.25, 0.3) is 11.3 Å². The highest BCUT2D eigenvalue weighted by atomic mass is 32.1. The number of halogens is 2. The third-order valence-electron chi connectivity index (χ3n) is 3.90. The Bertz CT molecular complexity index is 1070. The molecule has 2 amide bonds. The van der Waals surface area contributed by atoms with E-state index in [1.54, 1.807) is 17.5 Å². The van der Waals surface area contributed by atoms with Crippen LogP contribution < -0.4 is 15.4 Å². The van der Waals surface area contributed by atoms with Gasteiger partial charge >= 0.3 is 0 Å². The van der Waals surface area contributed by atoms with Crippen molar-refractivity contribution in [3.05, 3.63) is 59.0 Å². The van der Waals surface area contributed by atoms with Crippen LogP contribution >= 0.6 is 11.3 Å². The number of thiazole rings is 1. The van der Waals surface area contributed by atoms with E-state index in [0.29, 0.717) is 22.1 Å². The third kappa shape index (κ3) is 5.14. The van der Waals surface area contributed by atoms with Crippen molar-refractivity contribution in [2.45, 2.75) is 13.3 Å². The lowest BCUT2D eigenvalue weighted by atomic mass is 10.1. The summed E-state index contributed by atoms with van der Waals surface area (Å²) in [6.45, 7) is 1.33. The van der Waals surface area contributed by atoms with Gasteiger partial charge in [-0.25, -0.2) is 13.8 Å². The number of hydrogen-bond donors (Lipinski definition) is 2. The lowest BCUT2D eigenvalue weighted by Crippen LogP contribution is -2.14. The van der Waals surface area contributed by atoms with Gasteiger partial charge in [0.1, 0.15) is 5.82 Å². The Morgan fingerprint density at radius 3 is 2.55 bits per heavy atom. The molecular weight excluding hydrogens is 400 g/mol. The molecule has 9 heteroatoms. The van der Waals surface area contributed by atoms with E-state index < -0.39 is 11.6 Å². The van der Waals surface area contributed by atoms with E-state index in [2.05, 4.69) is 15.6 Å². The Balaban J connectivity index is 1.68. The molecule has 0 aliphatic rings. The SMILES string of the molecule is COc1ccc(CC(=O)Nc2nc(-c3ccc(NC(C)=O)cc3F)cs2)cc1F. The van der Waals surface area contributed by atoms with Crippen molar-refractivity contribution in [1.82, 2.24) is 4.98 Å². The Labute approximate surface area is 169 Å². The van der Waals surface area contributed by atoms with Crippen molar-refractivity contribution in [2.24, 2.45) is 0 Å². The van der Waals surface area contributed by atoms with Gasteiger partial charge in [0.15, 0.2) is 16.7 Å². The first-order valence-corrected chi connectivity index (χ1v) is 9.39. The molecule has 0 radical (unpaired) electrons. The molecular formula is C20H17F2N3O3S. The van der Waals surface area contributed by atoms with Crippen LogP contribution in [0.1, 0.15) is 12.5 Å². The molecule has 0 aliphatic heterocycles. The first kappa shape index (κ1) is 20.4. The molecule has 6 nitrogen and oxygen atoms in total. The van der Waals surface area contributed by atoms with Crippen LogP contribution in [0.15, 0.2) is 41.8 Å². The summed E-state index contributed by atoms with van der Waals surface area (Å²) in [4.78, 5) is 27.5. The van der Waals surface area contributed by atoms with Crippen LogP contribution in [-0.4, -0.2) is 23.9 Å². The minimum absolute atomic E-state index is 0.0460. The quantitative estimate of drug-likeness (QED) is 0.629. The molecule has 150 valence electrons. The Morgan fingerprint density at radius 1 is 1.10 bits per heavy atom. The first-order valence-electron chi connectivity index (χ1n) is 8.51. The molecule has 29 heavy (non-hydrogen) atoms. The van der Waals surface area contributed by atoms with E-state index >= 15 is 0 Å². The van der Waals surface area contributed by atoms with E-state index in [0.717, 1.165) is 11.3 Å². The van der Waals surface area contributed by atoms with Crippen molar-refractivity contribution in [1.29, 1.82) is 0 Å². The van der Waals surface area contributed by atoms with Crippen molar-refractivity contribution in [3.63, 3.8) is 0 Å². The summed E-state index contributed by atoms with van der Waals surface area (Å²) in [5.74, 6) is -1.67. The van der Waals surface area contributed by atoms with Gasteiger partial charge in [0, 0.05) is 23.6 Å². The summed E-state index contributed by atoms with van der Waals surface area (Å²) in [5.41, 5.74) is 1.42. The van der Waals surface area contributed by atoms with Gasteiger partial charge in [-0.2, -0.15) is 0 Å². The van der Waals surface area contributed by atoms with Gasteiger partial charge < -0.3 is 15.4 Å². The number of anilines is 2. The molecule has 0 aliphatic carbocycles. The summed E-state index contributed by atoms with van der Waals surface area (Å²) < 4.78 is 32.9. The van der Waals surface area contributed by atoms with Crippen LogP contribution in [0.2, 0.25) is 0 Å². The van der Waals surface area contributed by atoms with Gasteiger partial charge in [-0.3, -0.25) is 9.59 Å². The number of carbonyl (C=O) groups is 2. The standard InChI is InChI=1S/C20H17F2N3O3S/c1-11(26)23-13-4-5-14(15(21)9-13)17-10-29-20(24-17)25-19(27)8-12-3-6-18(28-2)16(22)7-12/h3-7,9-10H,8H2,1-2H3,(H,23,26)(H,24,25,27). The highest BCUT2D eigenvalue weighted by molar-refractivity contribution is 7.14. The number of methoxy groups -OCH3 is 1. The largest absolute Gasteiger partial charge is 0.494 e. The number of benzene rings is 2. The average molecular weight is 417 g/mol. The molecule has 0 bridgehead atoms. The van der Waals surface area contributed by atoms with Gasteiger partial charge in [-0.15, -0.1) is 11.3 Å². The van der Waals surface area contributed by atoms with Crippen LogP contribution in [0, 0.1) is 11.6 Å². The molecule has 0 saturated carbocycles. The normalized spacial score (nSPS) is 10.5. The predicted octanol–water partition coefficient (Wildman–Crippen LogP) is 4.24. The zero-order valence-corrected chi connectivity index (χ0v) is 16.4. The highest BCUT2D eigenvalue weighted by Crippen LogP contribution is 2.29. The van der Waals surface area contributed by atoms with Crippen LogP contribution in [0.5, 0.6) is 5.75 Å². The molecule has 2 N–H and O–H groups in total. The zero-order chi connectivity index (χ0) is 21.0. The number of hydrogen-bond acceptors (Lipinski definition) is 5. The second-order valence-electron chi connectivity index (χ2n) is 6.11. The molecule has 0 saturated heterocycles. The smallest absolute Gasteiger partial charge is 0.230 e. The van der Waals surface area contributed by atoms with Gasteiger partial charge in [0.2, 0.25) is 11.8 Å². The fourth-order valence-electron chi connectivity index (χ4n) is 2.63. The van der Waals surface area contributed by atoms with Gasteiger partial charge in [-0.05, 0) is 35.9 Å². The molecule has 0 unspecified atom stereocenters. The van der Waals surface area contributed by atoms with E-state index in [1.165, 1.54) is 38.3 Å². The van der Waals surface area contributed by atoms with Crippen molar-refractivity contribution in [3.8, 4) is 17.0 Å². The summed E-state index contributed by atoms with van der Waals surface area (Å²) in [7, 11) is 1.36. The lowest BCUT2D eigenvalue weighted by Gasteiger charge is -2.06. The van der Waals surface area contributed by atoms with Gasteiger partial charge in [0.25, 0.3) is 0 Å². The topological polar surface area (TPSA) is 80.3 Å². The fraction of sp³-hybridized carbons (Fsp3) is 0.150. The number of nitrogens with one attached hydrogen (secondary N) is 2. The predicted molar refractivity (Wildman–Crippen MR) is 107 cm³/mol. The average Bonchev–Trinajstić information content (AvgIpc) is 3.09. The van der Waals surface area contributed by atoms with E-state index in [9.17, 15) is 18.4 Å². The fourth-order valence-corrected chi connectivity index (χ4v) is 3.35. The molecule has 0 spiro atoms. The first-order chi connectivity index (χ1) is 13.9. The summed E-state index contributed by atoms with van der Waals surface area (Å²) in [6, 6.07) is 8.55. The van der Waals surface area contributed by atoms with Crippen molar-refractivity contribution in [2.75, 3.05) is 17.7 Å². The second kappa shape index (κ2) is 8.78. The molecule has 3 rings (SSSR count). The van der Waals surface area contributed by atoms with Crippen LogP contribution in [0.4, 0.5) is 19.6 Å². The van der Waals surface area contributed by atoms with Crippen molar-refractivity contribution < 1.29 is 23.1 Å². The third-order valence-corrected chi connectivity index (χ3v) is 4.65. The van der Waals surface area contributed by atoms with E-state index in [1.807, 2.05) is 0 Å². The highest BCUT2D eigenvalue weighted by Gasteiger charge is 2.13. The summed E-state index contributed by atoms with van der Waals surface area (Å²) in [5, 5.41) is 7.03. The second-order valence-corrected chi connectivity index (χ2v) is 6.97. The number of carbonyl (C=O) groups excluding carboxylic acids is 2. The monoisotopic (exact) mass is 417 g/mol. The molecule has 1 heterocycles. The summed E-state index contributed by atoms with van der Waals surface area (Å²) in [6.07, 6.45) is -0.0460. The van der Waals surface area contributed by atoms with Crippen molar-refractivity contribution >= 4 is 34.0 Å². The van der Waals surface area contributed by atoms with Crippen LogP contribution in [-0.2, 0) is 16.0 Å². The Morgan fingerprint density at radius 2 is 1.90 bits per heavy atom. The Kier molecular flexibility index (Phi) is 6.18. The minimum atomic E-state index is -0.549. The number of rotatable bonds is 6. The molecule has 3 aromatic rings. The Hall–Kier alpha value is -3.33. The maximum absolute atomic E-state index is 14.3. The van der Waals surface area contributed by atoms with E-state index in [-0.39, 0.29) is 29.5 Å². The number of ether oxygens (including phenoxy) is 1. The minimum Gasteiger partial charge on any atom is -0.494 e. The van der Waals surface area contributed by atoms with Gasteiger partial charge in [-0.1, -0.05) is 6.07 Å². The number of aromatic nitrogens is 1. The maximum atomic E-state index is 14.3. The number of amides is 2. The lowest BCUT2D eigenvalue weighted by molar-refractivity contribution is -0.116. The zero-order valence-electron chi connectivity index (χ0n) is 15.6. The molecule has 0 fully saturated rings. The maximum Gasteiger partial charge on any atom is 0.230 e.